The van der Waals surface area contributed by atoms with E-state index in [1.807, 2.05) is 6.08 Å². The Labute approximate surface area is 97.6 Å². The van der Waals surface area contributed by atoms with Crippen LogP contribution in [0.15, 0.2) is 12.3 Å². The van der Waals surface area contributed by atoms with Crippen LogP contribution in [0.1, 0.15) is 32.1 Å². The molecule has 0 radical (unpaired) electrons. The Hall–Kier alpha value is -0.895. The van der Waals surface area contributed by atoms with E-state index in [0.717, 1.165) is 24.3 Å². The Balaban J connectivity index is 1.83. The second-order valence-electron chi connectivity index (χ2n) is 4.88. The van der Waals surface area contributed by atoms with Crippen LogP contribution in [-0.4, -0.2) is 41.0 Å². The summed E-state index contributed by atoms with van der Waals surface area (Å²) < 4.78 is 2.24. The first-order valence-corrected chi connectivity index (χ1v) is 6.14. The van der Waals surface area contributed by atoms with Crippen LogP contribution in [0.2, 0.25) is 0 Å². The van der Waals surface area contributed by atoms with Gasteiger partial charge >= 0.3 is 97.0 Å². The molecule has 0 aromatic heterocycles. The molecule has 1 aliphatic heterocycles. The van der Waals surface area contributed by atoms with E-state index >= 15 is 0 Å². The van der Waals surface area contributed by atoms with Crippen molar-refractivity contribution in [3.8, 4) is 0 Å². The van der Waals surface area contributed by atoms with Crippen molar-refractivity contribution in [1.29, 1.82) is 0 Å². The van der Waals surface area contributed by atoms with Gasteiger partial charge in [-0.1, -0.05) is 0 Å². The molecule has 2 aliphatic rings. The molecular formula is C12H20BN2O+. The molecule has 0 spiro atoms. The summed E-state index contributed by atoms with van der Waals surface area (Å²) in [4.78, 5) is 0. The first kappa shape index (κ1) is 11.6. The van der Waals surface area contributed by atoms with Crippen LogP contribution in [0.4, 0.5) is 0 Å². The Morgan fingerprint density at radius 2 is 2.12 bits per heavy atom. The van der Waals surface area contributed by atoms with Gasteiger partial charge in [0, 0.05) is 0 Å². The monoisotopic (exact) mass is 219 g/mol. The molecule has 0 atom stereocenters. The first-order chi connectivity index (χ1) is 7.78. The summed E-state index contributed by atoms with van der Waals surface area (Å²) in [6.45, 7) is 1.10. The summed E-state index contributed by atoms with van der Waals surface area (Å²) in [5.41, 5.74) is 6.87. The number of nitrogens with two attached hydrogens (primary N) is 1. The van der Waals surface area contributed by atoms with E-state index in [2.05, 4.69) is 17.0 Å². The zero-order valence-electron chi connectivity index (χ0n) is 9.68. The third-order valence-electron chi connectivity index (χ3n) is 3.57. The van der Waals surface area contributed by atoms with Crippen molar-refractivity contribution in [2.24, 2.45) is 11.7 Å². The van der Waals surface area contributed by atoms with Gasteiger partial charge in [0.1, 0.15) is 0 Å². The fourth-order valence-corrected chi connectivity index (χ4v) is 2.44. The van der Waals surface area contributed by atoms with Crippen molar-refractivity contribution in [3.63, 3.8) is 0 Å². The third kappa shape index (κ3) is 3.05. The van der Waals surface area contributed by atoms with Gasteiger partial charge in [0.25, 0.3) is 0 Å². The van der Waals surface area contributed by atoms with Gasteiger partial charge < -0.3 is 0 Å². The van der Waals surface area contributed by atoms with Crippen molar-refractivity contribution in [1.82, 2.24) is 0 Å². The predicted octanol–water partition coefficient (Wildman–Crippen LogP) is 0.288. The number of hydrogen-bond acceptors (Lipinski definition) is 2. The van der Waals surface area contributed by atoms with Crippen molar-refractivity contribution in [2.75, 3.05) is 6.54 Å². The second kappa shape index (κ2) is 5.44. The molecule has 3 N–H and O–H groups in total. The van der Waals surface area contributed by atoms with Gasteiger partial charge in [-0.25, -0.2) is 0 Å². The molecule has 0 saturated heterocycles. The Morgan fingerprint density at radius 3 is 2.69 bits per heavy atom. The summed E-state index contributed by atoms with van der Waals surface area (Å²) in [5, 5.41) is 8.86. The van der Waals surface area contributed by atoms with Crippen LogP contribution in [0, 0.1) is 5.92 Å². The molecular weight excluding hydrogens is 199 g/mol. The van der Waals surface area contributed by atoms with Gasteiger partial charge in [-0.2, -0.15) is 0 Å². The number of allylic oxidation sites excluding steroid dienone is 1. The molecule has 0 aromatic carbocycles. The second-order valence-corrected chi connectivity index (χ2v) is 4.88. The van der Waals surface area contributed by atoms with Gasteiger partial charge in [0.15, 0.2) is 0 Å². The van der Waals surface area contributed by atoms with E-state index in [0.29, 0.717) is 6.04 Å². The Bertz CT molecular complexity index is 328. The van der Waals surface area contributed by atoms with E-state index in [1.54, 1.807) is 0 Å². The molecule has 0 aromatic rings. The van der Waals surface area contributed by atoms with E-state index in [4.69, 9.17) is 10.8 Å². The molecule has 16 heavy (non-hydrogen) atoms. The Kier molecular flexibility index (Phi) is 3.94. The average Bonchev–Trinajstić information content (AvgIpc) is 2.33. The predicted molar refractivity (Wildman–Crippen MR) is 67.9 cm³/mol. The van der Waals surface area contributed by atoms with Gasteiger partial charge in [0.05, 0.1) is 0 Å². The molecule has 0 unspecified atom stereocenters. The van der Waals surface area contributed by atoms with Crippen molar-refractivity contribution in [3.05, 3.63) is 12.3 Å². The molecule has 3 nitrogen and oxygen atoms in total. The van der Waals surface area contributed by atoms with Crippen molar-refractivity contribution < 1.29 is 9.60 Å². The summed E-state index contributed by atoms with van der Waals surface area (Å²) in [5.74, 6) is 0.778. The molecule has 1 aliphatic carbocycles. The summed E-state index contributed by atoms with van der Waals surface area (Å²) in [7, 11) is 1.18. The van der Waals surface area contributed by atoms with Crippen molar-refractivity contribution >= 4 is 18.8 Å². The molecule has 2 rings (SSSR count). The van der Waals surface area contributed by atoms with Crippen LogP contribution in [0.25, 0.3) is 0 Å². The van der Waals surface area contributed by atoms with Crippen molar-refractivity contribution in [2.45, 2.75) is 38.1 Å². The molecule has 4 heteroatoms. The average molecular weight is 219 g/mol. The summed E-state index contributed by atoms with van der Waals surface area (Å²) in [6, 6.07) is 0.432. The van der Waals surface area contributed by atoms with Crippen LogP contribution in [0.3, 0.4) is 0 Å². The molecule has 86 valence electrons. The fourth-order valence-electron chi connectivity index (χ4n) is 2.44. The number of rotatable bonds is 2. The van der Waals surface area contributed by atoms with Gasteiger partial charge in [0.2, 0.25) is 0 Å². The van der Waals surface area contributed by atoms with Gasteiger partial charge in [-0.05, 0) is 0 Å². The van der Waals surface area contributed by atoms with Crippen LogP contribution < -0.4 is 5.73 Å². The zero-order valence-corrected chi connectivity index (χ0v) is 9.68. The van der Waals surface area contributed by atoms with Gasteiger partial charge in [-0.3, -0.25) is 0 Å². The van der Waals surface area contributed by atoms with E-state index in [-0.39, 0.29) is 0 Å². The quantitative estimate of drug-likeness (QED) is 0.518. The van der Waals surface area contributed by atoms with Crippen LogP contribution in [-0.2, 0) is 0 Å². The topological polar surface area (TPSA) is 49.3 Å². The minimum absolute atomic E-state index is 0.432. The summed E-state index contributed by atoms with van der Waals surface area (Å²) in [6.07, 6.45) is 11.9. The SMILES string of the molecule is NC1CCC(C[N+]2=CCC(=BO)C=C2)CC1. The minimum atomic E-state index is 0.432. The van der Waals surface area contributed by atoms with Gasteiger partial charge in [-0.15, -0.1) is 0 Å². The molecule has 0 bridgehead atoms. The van der Waals surface area contributed by atoms with E-state index in [1.165, 1.54) is 32.8 Å². The Morgan fingerprint density at radius 1 is 1.38 bits per heavy atom. The van der Waals surface area contributed by atoms with Crippen LogP contribution >= 0.6 is 0 Å². The normalized spacial score (nSPS) is 32.3. The first-order valence-electron chi connectivity index (χ1n) is 6.14. The summed E-state index contributed by atoms with van der Waals surface area (Å²) >= 11 is 0. The standard InChI is InChI=1S/C12H20BN2O/c14-12-3-1-10(2-4-12)9-15-7-5-11(13-16)6-8-15/h5,7-8,10,12,16H,1-4,6,9,14H2/q+1. The maximum absolute atomic E-state index is 8.86. The molecule has 1 fully saturated rings. The maximum atomic E-state index is 8.86. The van der Waals surface area contributed by atoms with Crippen LogP contribution in [0.5, 0.6) is 0 Å². The van der Waals surface area contributed by atoms with E-state index < -0.39 is 0 Å². The zero-order chi connectivity index (χ0) is 11.4. The third-order valence-corrected chi connectivity index (χ3v) is 3.57. The molecule has 0 amide bonds. The fraction of sp³-hybridized carbons (Fsp3) is 0.667. The number of hydrogen-bond donors (Lipinski definition) is 2. The molecule has 1 saturated carbocycles. The molecule has 1 heterocycles. The van der Waals surface area contributed by atoms with E-state index in [9.17, 15) is 0 Å². The number of nitrogens with zero attached hydrogens (tertiary/aromatic N) is 1.